The Morgan fingerprint density at radius 3 is 2.00 bits per heavy atom. The third kappa shape index (κ3) is 5.65. The molecule has 0 atom stereocenters. The molecule has 0 aliphatic carbocycles. The van der Waals surface area contributed by atoms with Crippen LogP contribution in [0.15, 0.2) is 84.1 Å². The normalized spacial score (nSPS) is 16.6. The molecule has 0 radical (unpaired) electrons. The number of halogens is 1. The van der Waals surface area contributed by atoms with Gasteiger partial charge < -0.3 is 4.74 Å². The lowest BCUT2D eigenvalue weighted by molar-refractivity contribution is -0.0350. The Balaban J connectivity index is 1.78. The van der Waals surface area contributed by atoms with E-state index in [1.54, 1.807) is 0 Å². The highest BCUT2D eigenvalue weighted by Crippen LogP contribution is 2.36. The van der Waals surface area contributed by atoms with Gasteiger partial charge in [0.2, 0.25) is 0 Å². The minimum Gasteiger partial charge on any atom is -0.488 e. The second-order valence-corrected chi connectivity index (χ2v) is 9.57. The quantitative estimate of drug-likeness (QED) is 0.232. The van der Waals surface area contributed by atoms with E-state index in [1.165, 1.54) is 16.7 Å². The standard InChI is InChI=1S/C27H34BrNO/c1-5-24(27(2,3)4)25(17-12-18-28)30-23-19-29(20-23)26(21-13-8-6-9-14-21)22-15-10-7-11-16-22/h6-17,23,26H,5,18-20H2,1-4H3/b17-12-,25-24-. The summed E-state index contributed by atoms with van der Waals surface area (Å²) in [5.74, 6) is 1.05. The van der Waals surface area contributed by atoms with E-state index in [0.29, 0.717) is 0 Å². The van der Waals surface area contributed by atoms with Gasteiger partial charge in [-0.05, 0) is 34.6 Å². The summed E-state index contributed by atoms with van der Waals surface area (Å²) in [5.41, 5.74) is 4.14. The molecule has 30 heavy (non-hydrogen) atoms. The molecule has 1 fully saturated rings. The Hall–Kier alpha value is -1.84. The van der Waals surface area contributed by atoms with Gasteiger partial charge in [0.25, 0.3) is 0 Å². The van der Waals surface area contributed by atoms with Crippen molar-refractivity contribution in [1.29, 1.82) is 0 Å². The lowest BCUT2D eigenvalue weighted by Gasteiger charge is -2.45. The molecule has 1 aliphatic rings. The van der Waals surface area contributed by atoms with E-state index in [9.17, 15) is 0 Å². The zero-order chi connectivity index (χ0) is 21.6. The largest absolute Gasteiger partial charge is 0.488 e. The molecule has 0 amide bonds. The molecule has 0 aromatic heterocycles. The number of benzene rings is 2. The van der Waals surface area contributed by atoms with Crippen LogP contribution in [0.3, 0.4) is 0 Å². The predicted octanol–water partition coefficient (Wildman–Crippen LogP) is 7.14. The van der Waals surface area contributed by atoms with E-state index in [-0.39, 0.29) is 17.6 Å². The Morgan fingerprint density at radius 1 is 1.03 bits per heavy atom. The van der Waals surface area contributed by atoms with Crippen molar-refractivity contribution >= 4 is 15.9 Å². The van der Waals surface area contributed by atoms with E-state index in [2.05, 4.69) is 121 Å². The van der Waals surface area contributed by atoms with Gasteiger partial charge in [-0.15, -0.1) is 0 Å². The van der Waals surface area contributed by atoms with Gasteiger partial charge in [0.15, 0.2) is 0 Å². The first-order valence-electron chi connectivity index (χ1n) is 10.9. The monoisotopic (exact) mass is 467 g/mol. The fourth-order valence-electron chi connectivity index (χ4n) is 4.26. The number of nitrogens with zero attached hydrogens (tertiary/aromatic N) is 1. The van der Waals surface area contributed by atoms with Crippen LogP contribution in [0, 0.1) is 5.41 Å². The third-order valence-corrected chi connectivity index (χ3v) is 6.05. The van der Waals surface area contributed by atoms with E-state index < -0.39 is 0 Å². The van der Waals surface area contributed by atoms with Crippen molar-refractivity contribution in [3.63, 3.8) is 0 Å². The third-order valence-electron chi connectivity index (χ3n) is 5.68. The number of allylic oxidation sites excluding steroid dienone is 3. The lowest BCUT2D eigenvalue weighted by atomic mass is 9.83. The predicted molar refractivity (Wildman–Crippen MR) is 131 cm³/mol. The fraction of sp³-hybridized carbons (Fsp3) is 0.407. The molecular weight excluding hydrogens is 434 g/mol. The van der Waals surface area contributed by atoms with Crippen LogP contribution in [-0.2, 0) is 4.74 Å². The van der Waals surface area contributed by atoms with Gasteiger partial charge in [-0.3, -0.25) is 4.90 Å². The summed E-state index contributed by atoms with van der Waals surface area (Å²) in [4.78, 5) is 2.52. The Morgan fingerprint density at radius 2 is 1.57 bits per heavy atom. The van der Waals surface area contributed by atoms with Crippen molar-refractivity contribution in [2.75, 3.05) is 18.4 Å². The SMILES string of the molecule is CC/C(=C(\C=C/CBr)OC1CN(C(c2ccccc2)c2ccccc2)C1)C(C)(C)C. The average molecular weight is 468 g/mol. The van der Waals surface area contributed by atoms with Crippen LogP contribution >= 0.6 is 15.9 Å². The molecule has 0 spiro atoms. The molecule has 1 aliphatic heterocycles. The molecule has 0 bridgehead atoms. The van der Waals surface area contributed by atoms with Crippen molar-refractivity contribution in [3.8, 4) is 0 Å². The molecule has 0 N–H and O–H groups in total. The zero-order valence-corrected chi connectivity index (χ0v) is 20.2. The maximum absolute atomic E-state index is 6.55. The summed E-state index contributed by atoms with van der Waals surface area (Å²) in [6.07, 6.45) is 5.49. The van der Waals surface area contributed by atoms with Crippen LogP contribution in [0.2, 0.25) is 0 Å². The minimum absolute atomic E-state index is 0.0980. The summed E-state index contributed by atoms with van der Waals surface area (Å²) >= 11 is 3.50. The Kier molecular flexibility index (Phi) is 7.96. The highest BCUT2D eigenvalue weighted by Gasteiger charge is 2.36. The summed E-state index contributed by atoms with van der Waals surface area (Å²) in [7, 11) is 0. The van der Waals surface area contributed by atoms with Gasteiger partial charge in [-0.2, -0.15) is 0 Å². The second-order valence-electron chi connectivity index (χ2n) is 8.92. The molecule has 2 nitrogen and oxygen atoms in total. The van der Waals surface area contributed by atoms with Crippen LogP contribution < -0.4 is 0 Å². The van der Waals surface area contributed by atoms with Gasteiger partial charge in [-0.25, -0.2) is 0 Å². The number of ether oxygens (including phenoxy) is 1. The van der Waals surface area contributed by atoms with Gasteiger partial charge in [0.05, 0.1) is 6.04 Å². The van der Waals surface area contributed by atoms with Gasteiger partial charge in [-0.1, -0.05) is 110 Å². The maximum atomic E-state index is 6.55. The topological polar surface area (TPSA) is 12.5 Å². The van der Waals surface area contributed by atoms with Crippen LogP contribution in [0.5, 0.6) is 0 Å². The number of rotatable bonds is 8. The molecule has 2 aromatic carbocycles. The molecule has 3 rings (SSSR count). The molecule has 0 saturated carbocycles. The van der Waals surface area contributed by atoms with Crippen LogP contribution in [0.1, 0.15) is 51.3 Å². The van der Waals surface area contributed by atoms with Gasteiger partial charge >= 0.3 is 0 Å². The van der Waals surface area contributed by atoms with Crippen molar-refractivity contribution in [2.24, 2.45) is 5.41 Å². The molecule has 1 heterocycles. The van der Waals surface area contributed by atoms with Crippen molar-refractivity contribution < 1.29 is 4.74 Å². The highest BCUT2D eigenvalue weighted by atomic mass is 79.9. The van der Waals surface area contributed by atoms with Gasteiger partial charge in [0, 0.05) is 18.4 Å². The number of hydrogen-bond donors (Lipinski definition) is 0. The molecular formula is C27H34BrNO. The minimum atomic E-state index is 0.0980. The van der Waals surface area contributed by atoms with Crippen molar-refractivity contribution in [3.05, 3.63) is 95.3 Å². The number of hydrogen-bond acceptors (Lipinski definition) is 2. The summed E-state index contributed by atoms with van der Waals surface area (Å²) in [6, 6.07) is 21.9. The molecule has 1 saturated heterocycles. The molecule has 0 unspecified atom stereocenters. The Labute approximate surface area is 190 Å². The molecule has 160 valence electrons. The van der Waals surface area contributed by atoms with E-state index in [4.69, 9.17) is 4.74 Å². The average Bonchev–Trinajstić information content (AvgIpc) is 2.71. The summed E-state index contributed by atoms with van der Waals surface area (Å²) in [5, 5.41) is 0.835. The van der Waals surface area contributed by atoms with E-state index in [1.807, 2.05) is 0 Å². The molecule has 3 heteroatoms. The van der Waals surface area contributed by atoms with Crippen LogP contribution in [0.4, 0.5) is 0 Å². The second kappa shape index (κ2) is 10.5. The van der Waals surface area contributed by atoms with E-state index in [0.717, 1.165) is 30.6 Å². The zero-order valence-electron chi connectivity index (χ0n) is 18.6. The van der Waals surface area contributed by atoms with Crippen molar-refractivity contribution in [1.82, 2.24) is 4.90 Å². The maximum Gasteiger partial charge on any atom is 0.124 e. The number of likely N-dealkylation sites (tertiary alicyclic amines) is 1. The highest BCUT2D eigenvalue weighted by molar-refractivity contribution is 9.09. The van der Waals surface area contributed by atoms with E-state index >= 15 is 0 Å². The first-order valence-corrected chi connectivity index (χ1v) is 12.0. The summed E-state index contributed by atoms with van der Waals surface area (Å²) in [6.45, 7) is 10.9. The van der Waals surface area contributed by atoms with Crippen LogP contribution in [-0.4, -0.2) is 29.4 Å². The Bertz CT molecular complexity index is 806. The smallest absolute Gasteiger partial charge is 0.124 e. The van der Waals surface area contributed by atoms with Gasteiger partial charge in [0.1, 0.15) is 11.9 Å². The fourth-order valence-corrected chi connectivity index (χ4v) is 4.44. The first kappa shape index (κ1) is 22.8. The van der Waals surface area contributed by atoms with Crippen LogP contribution in [0.25, 0.3) is 0 Å². The first-order chi connectivity index (χ1) is 14.4. The lowest BCUT2D eigenvalue weighted by Crippen LogP contribution is -2.53. The van der Waals surface area contributed by atoms with Crippen molar-refractivity contribution in [2.45, 2.75) is 46.3 Å². The number of alkyl halides is 1. The molecule has 2 aromatic rings. The summed E-state index contributed by atoms with van der Waals surface area (Å²) < 4.78 is 6.55.